The highest BCUT2D eigenvalue weighted by Crippen LogP contribution is 2.30. The van der Waals surface area contributed by atoms with E-state index in [-0.39, 0.29) is 17.9 Å². The molecule has 0 saturated carbocycles. The van der Waals surface area contributed by atoms with Gasteiger partial charge in [-0.15, -0.1) is 0 Å². The Hall–Kier alpha value is -3.23. The molecule has 8 heteroatoms. The van der Waals surface area contributed by atoms with Gasteiger partial charge in [-0.3, -0.25) is 14.0 Å². The van der Waals surface area contributed by atoms with E-state index in [1.54, 1.807) is 19.2 Å². The van der Waals surface area contributed by atoms with E-state index in [1.165, 1.54) is 11.3 Å². The first kappa shape index (κ1) is 20.1. The van der Waals surface area contributed by atoms with Crippen LogP contribution in [0.15, 0.2) is 48.7 Å². The molecule has 2 heterocycles. The van der Waals surface area contributed by atoms with Crippen LogP contribution in [0.3, 0.4) is 0 Å². The third-order valence-corrected chi connectivity index (χ3v) is 5.93. The Morgan fingerprint density at radius 2 is 1.87 bits per heavy atom. The van der Waals surface area contributed by atoms with Gasteiger partial charge in [0.2, 0.25) is 0 Å². The van der Waals surface area contributed by atoms with Crippen LogP contribution in [0, 0.1) is 0 Å². The van der Waals surface area contributed by atoms with E-state index in [0.29, 0.717) is 17.7 Å². The van der Waals surface area contributed by atoms with Crippen LogP contribution in [-0.4, -0.2) is 40.8 Å². The molecule has 0 fully saturated rings. The van der Waals surface area contributed by atoms with Gasteiger partial charge in [0.15, 0.2) is 4.96 Å². The first-order chi connectivity index (χ1) is 14.5. The van der Waals surface area contributed by atoms with Gasteiger partial charge < -0.3 is 16.4 Å². The molecule has 0 radical (unpaired) electrons. The standard InChI is InChI=1S/C22H23N5O2S/c1-13(23)9-10-25-21(29)16-7-8-18-19(11-16)30-22-26-17(12-27(18)22)14-3-5-15(6-4-14)20(28)24-2/h3-8,11-13H,9-10,23H2,1-2H3,(H,24,28)(H,25,29)/t13-/m0/s1. The molecule has 0 spiro atoms. The zero-order valence-electron chi connectivity index (χ0n) is 16.8. The predicted octanol–water partition coefficient (Wildman–Crippen LogP) is 3.04. The van der Waals surface area contributed by atoms with Crippen LogP contribution in [-0.2, 0) is 0 Å². The number of fused-ring (bicyclic) bond motifs is 3. The molecular formula is C22H23N5O2S. The Kier molecular flexibility index (Phi) is 5.52. The molecule has 0 aliphatic heterocycles. The molecule has 4 aromatic rings. The van der Waals surface area contributed by atoms with Crippen LogP contribution in [0.5, 0.6) is 0 Å². The summed E-state index contributed by atoms with van der Waals surface area (Å²) in [6.07, 6.45) is 2.72. The smallest absolute Gasteiger partial charge is 0.251 e. The summed E-state index contributed by atoms with van der Waals surface area (Å²) in [5.74, 6) is -0.212. The second-order valence-corrected chi connectivity index (χ2v) is 8.25. The number of carbonyl (C=O) groups excluding carboxylic acids is 2. The minimum Gasteiger partial charge on any atom is -0.355 e. The van der Waals surface area contributed by atoms with E-state index in [4.69, 9.17) is 10.7 Å². The number of hydrogen-bond acceptors (Lipinski definition) is 5. The van der Waals surface area contributed by atoms with Crippen molar-refractivity contribution in [3.8, 4) is 11.3 Å². The number of amides is 2. The van der Waals surface area contributed by atoms with Crippen molar-refractivity contribution in [1.29, 1.82) is 0 Å². The number of nitrogens with two attached hydrogens (primary N) is 1. The summed E-state index contributed by atoms with van der Waals surface area (Å²) in [6.45, 7) is 2.48. The average Bonchev–Trinajstić information content (AvgIpc) is 3.30. The van der Waals surface area contributed by atoms with Gasteiger partial charge in [0, 0.05) is 42.5 Å². The number of rotatable bonds is 6. The van der Waals surface area contributed by atoms with Gasteiger partial charge in [0.25, 0.3) is 11.8 Å². The highest BCUT2D eigenvalue weighted by atomic mass is 32.1. The summed E-state index contributed by atoms with van der Waals surface area (Å²) >= 11 is 1.54. The van der Waals surface area contributed by atoms with E-state index < -0.39 is 0 Å². The van der Waals surface area contributed by atoms with Crippen molar-refractivity contribution in [3.05, 3.63) is 59.8 Å². The number of nitrogens with one attached hydrogen (secondary N) is 2. The predicted molar refractivity (Wildman–Crippen MR) is 120 cm³/mol. The molecule has 0 saturated heterocycles. The highest BCUT2D eigenvalue weighted by Gasteiger charge is 2.13. The lowest BCUT2D eigenvalue weighted by atomic mass is 10.1. The molecule has 0 aliphatic carbocycles. The maximum absolute atomic E-state index is 12.4. The molecule has 1 atom stereocenters. The van der Waals surface area contributed by atoms with Crippen molar-refractivity contribution in [2.45, 2.75) is 19.4 Å². The second-order valence-electron chi connectivity index (χ2n) is 7.24. The molecule has 30 heavy (non-hydrogen) atoms. The number of nitrogens with zero attached hydrogens (tertiary/aromatic N) is 2. The first-order valence-electron chi connectivity index (χ1n) is 9.74. The summed E-state index contributed by atoms with van der Waals surface area (Å²) in [7, 11) is 1.61. The monoisotopic (exact) mass is 421 g/mol. The summed E-state index contributed by atoms with van der Waals surface area (Å²) in [6, 6.07) is 13.1. The van der Waals surface area contributed by atoms with Gasteiger partial charge in [-0.05, 0) is 43.7 Å². The van der Waals surface area contributed by atoms with Crippen LogP contribution in [0.1, 0.15) is 34.1 Å². The van der Waals surface area contributed by atoms with Gasteiger partial charge in [0.1, 0.15) is 0 Å². The van der Waals surface area contributed by atoms with Crippen molar-refractivity contribution in [1.82, 2.24) is 20.0 Å². The average molecular weight is 422 g/mol. The number of hydrogen-bond donors (Lipinski definition) is 3. The van der Waals surface area contributed by atoms with E-state index in [1.807, 2.05) is 47.9 Å². The van der Waals surface area contributed by atoms with Gasteiger partial charge in [-0.2, -0.15) is 0 Å². The number of imidazole rings is 1. The van der Waals surface area contributed by atoms with Crippen molar-refractivity contribution in [2.24, 2.45) is 5.73 Å². The molecule has 0 unspecified atom stereocenters. The fourth-order valence-electron chi connectivity index (χ4n) is 3.23. The number of benzene rings is 2. The largest absolute Gasteiger partial charge is 0.355 e. The minimum atomic E-state index is -0.115. The van der Waals surface area contributed by atoms with Crippen LogP contribution in [0.2, 0.25) is 0 Å². The van der Waals surface area contributed by atoms with E-state index in [9.17, 15) is 9.59 Å². The fourth-order valence-corrected chi connectivity index (χ4v) is 4.28. The quantitative estimate of drug-likeness (QED) is 0.445. The Bertz CT molecular complexity index is 1220. The summed E-state index contributed by atoms with van der Waals surface area (Å²) in [4.78, 5) is 29.6. The lowest BCUT2D eigenvalue weighted by Crippen LogP contribution is -2.28. The van der Waals surface area contributed by atoms with Crippen LogP contribution < -0.4 is 16.4 Å². The molecular weight excluding hydrogens is 398 g/mol. The van der Waals surface area contributed by atoms with E-state index in [0.717, 1.165) is 32.9 Å². The molecule has 154 valence electrons. The zero-order valence-corrected chi connectivity index (χ0v) is 17.6. The molecule has 4 N–H and O–H groups in total. The number of carbonyl (C=O) groups is 2. The molecule has 4 rings (SSSR count). The van der Waals surface area contributed by atoms with Crippen molar-refractivity contribution >= 4 is 38.3 Å². The van der Waals surface area contributed by atoms with Crippen molar-refractivity contribution in [2.75, 3.05) is 13.6 Å². The lowest BCUT2D eigenvalue weighted by Gasteiger charge is -2.07. The Balaban J connectivity index is 1.58. The van der Waals surface area contributed by atoms with Gasteiger partial charge in [-0.1, -0.05) is 23.5 Å². The summed E-state index contributed by atoms with van der Waals surface area (Å²) in [5.41, 5.74) is 9.75. The maximum atomic E-state index is 12.4. The molecule has 0 aliphatic rings. The van der Waals surface area contributed by atoms with Gasteiger partial charge in [-0.25, -0.2) is 4.98 Å². The molecule has 0 bridgehead atoms. The topological polar surface area (TPSA) is 102 Å². The van der Waals surface area contributed by atoms with Crippen molar-refractivity contribution < 1.29 is 9.59 Å². The Morgan fingerprint density at radius 1 is 1.13 bits per heavy atom. The number of aromatic nitrogens is 2. The Morgan fingerprint density at radius 3 is 2.57 bits per heavy atom. The third kappa shape index (κ3) is 3.92. The Labute approximate surface area is 177 Å². The van der Waals surface area contributed by atoms with Gasteiger partial charge in [0.05, 0.1) is 15.9 Å². The second kappa shape index (κ2) is 8.25. The lowest BCUT2D eigenvalue weighted by molar-refractivity contribution is 0.0948. The van der Waals surface area contributed by atoms with E-state index in [2.05, 4.69) is 10.6 Å². The summed E-state index contributed by atoms with van der Waals surface area (Å²) in [5, 5.41) is 5.52. The minimum absolute atomic E-state index is 0.0621. The summed E-state index contributed by atoms with van der Waals surface area (Å²) < 4.78 is 3.03. The van der Waals surface area contributed by atoms with Crippen LogP contribution in [0.25, 0.3) is 26.4 Å². The number of thiazole rings is 1. The zero-order chi connectivity index (χ0) is 21.3. The third-order valence-electron chi connectivity index (χ3n) is 4.91. The van der Waals surface area contributed by atoms with Crippen molar-refractivity contribution in [3.63, 3.8) is 0 Å². The van der Waals surface area contributed by atoms with Crippen LogP contribution >= 0.6 is 11.3 Å². The van der Waals surface area contributed by atoms with E-state index >= 15 is 0 Å². The SMILES string of the molecule is CNC(=O)c1ccc(-c2cn3c(n2)sc2cc(C(=O)NCC[C@H](C)N)ccc23)cc1. The maximum Gasteiger partial charge on any atom is 0.251 e. The molecule has 2 aromatic carbocycles. The highest BCUT2D eigenvalue weighted by molar-refractivity contribution is 7.23. The fraction of sp³-hybridized carbons (Fsp3) is 0.227. The van der Waals surface area contributed by atoms with Gasteiger partial charge >= 0.3 is 0 Å². The first-order valence-corrected chi connectivity index (χ1v) is 10.6. The van der Waals surface area contributed by atoms with Crippen LogP contribution in [0.4, 0.5) is 0 Å². The molecule has 2 aromatic heterocycles. The normalized spacial score (nSPS) is 12.2. The molecule has 7 nitrogen and oxygen atoms in total. The molecule has 2 amide bonds.